The molecule has 1 saturated heterocycles. The molecule has 2 fully saturated rings. The van der Waals surface area contributed by atoms with E-state index >= 15 is 0 Å². The Hall–Kier alpha value is -3.26. The number of rotatable bonds is 4. The van der Waals surface area contributed by atoms with Gasteiger partial charge in [-0.25, -0.2) is 4.79 Å². The molecule has 8 nitrogen and oxygen atoms in total. The molecule has 1 saturated carbocycles. The van der Waals surface area contributed by atoms with Crippen molar-refractivity contribution in [3.05, 3.63) is 53.1 Å². The predicted molar refractivity (Wildman–Crippen MR) is 137 cm³/mol. The molecule has 3 aliphatic rings. The molecule has 8 heteroatoms. The number of anilines is 1. The zero-order valence-electron chi connectivity index (χ0n) is 21.1. The molecule has 2 aromatic rings. The molecule has 2 heterocycles. The van der Waals surface area contributed by atoms with Crippen molar-refractivity contribution in [2.24, 2.45) is 5.92 Å². The summed E-state index contributed by atoms with van der Waals surface area (Å²) in [5.41, 5.74) is 2.84. The molecule has 2 aliphatic heterocycles. The van der Waals surface area contributed by atoms with Gasteiger partial charge < -0.3 is 29.7 Å². The highest BCUT2D eigenvalue weighted by atomic mass is 16.5. The van der Waals surface area contributed by atoms with Gasteiger partial charge >= 0.3 is 6.03 Å². The quantitative estimate of drug-likeness (QED) is 0.670. The average Bonchev–Trinajstić information content (AvgIpc) is 2.91. The van der Waals surface area contributed by atoms with E-state index in [4.69, 9.17) is 9.47 Å². The second-order valence-electron chi connectivity index (χ2n) is 10.2. The summed E-state index contributed by atoms with van der Waals surface area (Å²) in [7, 11) is 3.22. The molecule has 2 unspecified atom stereocenters. The number of piperidine rings is 1. The molecule has 36 heavy (non-hydrogen) atoms. The minimum absolute atomic E-state index is 0.0162. The number of amides is 3. The lowest BCUT2D eigenvalue weighted by Crippen LogP contribution is -2.54. The summed E-state index contributed by atoms with van der Waals surface area (Å²) in [4.78, 5) is 29.7. The molecular weight excluding hydrogens is 458 g/mol. The van der Waals surface area contributed by atoms with Crippen LogP contribution in [0.3, 0.4) is 0 Å². The summed E-state index contributed by atoms with van der Waals surface area (Å²) >= 11 is 0. The van der Waals surface area contributed by atoms with Crippen LogP contribution in [0, 0.1) is 5.92 Å². The Morgan fingerprint density at radius 3 is 2.42 bits per heavy atom. The summed E-state index contributed by atoms with van der Waals surface area (Å²) in [5, 5.41) is 13.9. The van der Waals surface area contributed by atoms with E-state index in [9.17, 15) is 14.7 Å². The van der Waals surface area contributed by atoms with Gasteiger partial charge in [0.1, 0.15) is 0 Å². The Labute approximate surface area is 212 Å². The number of methoxy groups -OCH3 is 2. The summed E-state index contributed by atoms with van der Waals surface area (Å²) in [5.74, 6) is 1.50. The molecule has 192 valence electrons. The number of urea groups is 1. The first-order chi connectivity index (χ1) is 17.4. The van der Waals surface area contributed by atoms with Gasteiger partial charge in [0.15, 0.2) is 11.5 Å². The third-order valence-electron chi connectivity index (χ3n) is 8.10. The Balaban J connectivity index is 1.19. The monoisotopic (exact) mass is 493 g/mol. The second kappa shape index (κ2) is 10.0. The van der Waals surface area contributed by atoms with E-state index in [1.165, 1.54) is 0 Å². The molecule has 2 atom stereocenters. The van der Waals surface area contributed by atoms with Crippen LogP contribution in [0.25, 0.3) is 0 Å². The van der Waals surface area contributed by atoms with Crippen molar-refractivity contribution in [3.63, 3.8) is 0 Å². The maximum Gasteiger partial charge on any atom is 0.322 e. The lowest BCUT2D eigenvalue weighted by molar-refractivity contribution is -0.0886. The van der Waals surface area contributed by atoms with E-state index in [-0.39, 0.29) is 17.9 Å². The Bertz CT molecular complexity index is 1130. The van der Waals surface area contributed by atoms with E-state index in [1.54, 1.807) is 43.4 Å². The molecule has 5 rings (SSSR count). The highest BCUT2D eigenvalue weighted by Crippen LogP contribution is 2.40. The van der Waals surface area contributed by atoms with Crippen LogP contribution in [0.2, 0.25) is 0 Å². The Morgan fingerprint density at radius 2 is 1.69 bits per heavy atom. The molecule has 0 spiro atoms. The number of nitrogens with one attached hydrogen (secondary N) is 1. The van der Waals surface area contributed by atoms with Gasteiger partial charge in [0.25, 0.3) is 5.91 Å². The maximum atomic E-state index is 13.1. The van der Waals surface area contributed by atoms with Crippen molar-refractivity contribution in [2.75, 3.05) is 39.2 Å². The van der Waals surface area contributed by atoms with Crippen LogP contribution < -0.4 is 14.8 Å². The summed E-state index contributed by atoms with van der Waals surface area (Å²) < 4.78 is 10.8. The fourth-order valence-corrected chi connectivity index (χ4v) is 5.89. The van der Waals surface area contributed by atoms with E-state index in [0.29, 0.717) is 55.3 Å². The minimum atomic E-state index is -0.602. The van der Waals surface area contributed by atoms with Crippen LogP contribution in [-0.4, -0.2) is 66.3 Å². The number of ether oxygens (including phenoxy) is 2. The zero-order chi connectivity index (χ0) is 25.3. The summed E-state index contributed by atoms with van der Waals surface area (Å²) in [6.07, 6.45) is 5.40. The van der Waals surface area contributed by atoms with E-state index < -0.39 is 5.60 Å². The number of carbonyl (C=O) groups excluding carboxylic acids is 2. The number of benzene rings is 2. The molecule has 1 aliphatic carbocycles. The third-order valence-corrected chi connectivity index (χ3v) is 8.10. The second-order valence-corrected chi connectivity index (χ2v) is 10.2. The van der Waals surface area contributed by atoms with Crippen LogP contribution in [0.5, 0.6) is 11.5 Å². The van der Waals surface area contributed by atoms with Crippen molar-refractivity contribution in [1.82, 2.24) is 9.80 Å². The Kier molecular flexibility index (Phi) is 6.79. The fraction of sp³-hybridized carbons (Fsp3) is 0.500. The number of nitrogens with zero attached hydrogens (tertiary/aromatic N) is 2. The van der Waals surface area contributed by atoms with Crippen LogP contribution in [0.4, 0.5) is 10.5 Å². The predicted octanol–water partition coefficient (Wildman–Crippen LogP) is 4.06. The molecule has 0 aromatic heterocycles. The normalized spacial score (nSPS) is 23.4. The average molecular weight is 494 g/mol. The lowest BCUT2D eigenvalue weighted by Gasteiger charge is -2.47. The van der Waals surface area contributed by atoms with Crippen LogP contribution >= 0.6 is 0 Å². The van der Waals surface area contributed by atoms with Crippen LogP contribution in [0.15, 0.2) is 36.4 Å². The highest BCUT2D eigenvalue weighted by Gasteiger charge is 2.43. The molecule has 2 aromatic carbocycles. The SMILES string of the molecule is COc1cc2c(cc1OC)CN(C(=O)Nc1ccc(C(=O)N3CCC4(O)CCCCC4C3)cc1)CC2. The maximum absolute atomic E-state index is 13.1. The van der Waals surface area contributed by atoms with Crippen LogP contribution in [0.1, 0.15) is 53.6 Å². The van der Waals surface area contributed by atoms with Gasteiger partial charge in [-0.3, -0.25) is 4.79 Å². The third kappa shape index (κ3) is 4.74. The first-order valence-electron chi connectivity index (χ1n) is 12.8. The summed E-state index contributed by atoms with van der Waals surface area (Å²) in [6, 6.07) is 10.8. The fourth-order valence-electron chi connectivity index (χ4n) is 5.89. The van der Waals surface area contributed by atoms with Gasteiger partial charge in [0, 0.05) is 43.3 Å². The molecule has 0 radical (unpaired) electrons. The molecule has 2 N–H and O–H groups in total. The van der Waals surface area contributed by atoms with Gasteiger partial charge in [-0.15, -0.1) is 0 Å². The van der Waals surface area contributed by atoms with Crippen molar-refractivity contribution in [2.45, 2.75) is 50.7 Å². The van der Waals surface area contributed by atoms with E-state index in [0.717, 1.165) is 43.2 Å². The molecular formula is C28H35N3O5. The molecule has 0 bridgehead atoms. The molecule has 3 amide bonds. The number of fused-ring (bicyclic) bond motifs is 2. The van der Waals surface area contributed by atoms with E-state index in [2.05, 4.69) is 5.32 Å². The van der Waals surface area contributed by atoms with Crippen molar-refractivity contribution < 1.29 is 24.2 Å². The Morgan fingerprint density at radius 1 is 0.972 bits per heavy atom. The topological polar surface area (TPSA) is 91.3 Å². The summed E-state index contributed by atoms with van der Waals surface area (Å²) in [6.45, 7) is 2.28. The number of likely N-dealkylation sites (tertiary alicyclic amines) is 1. The number of carbonyl (C=O) groups is 2. The number of hydrogen-bond acceptors (Lipinski definition) is 5. The highest BCUT2D eigenvalue weighted by molar-refractivity contribution is 5.95. The van der Waals surface area contributed by atoms with Gasteiger partial charge in [-0.1, -0.05) is 12.8 Å². The largest absolute Gasteiger partial charge is 0.493 e. The van der Waals surface area contributed by atoms with E-state index in [1.807, 2.05) is 17.0 Å². The smallest absolute Gasteiger partial charge is 0.322 e. The number of hydrogen-bond donors (Lipinski definition) is 2. The van der Waals surface area contributed by atoms with Gasteiger partial charge in [0.2, 0.25) is 0 Å². The first-order valence-corrected chi connectivity index (χ1v) is 12.8. The lowest BCUT2D eigenvalue weighted by atomic mass is 9.71. The number of aliphatic hydroxyl groups is 1. The zero-order valence-corrected chi connectivity index (χ0v) is 21.1. The first kappa shape index (κ1) is 24.4. The minimum Gasteiger partial charge on any atom is -0.493 e. The van der Waals surface area contributed by atoms with Gasteiger partial charge in [-0.2, -0.15) is 0 Å². The van der Waals surface area contributed by atoms with Crippen molar-refractivity contribution in [1.29, 1.82) is 0 Å². The van der Waals surface area contributed by atoms with Gasteiger partial charge in [-0.05, 0) is 73.2 Å². The standard InChI is InChI=1S/C28H35N3O5/c1-35-24-15-20-10-13-31(17-21(20)16-25(24)36-2)27(33)29-23-8-6-19(7-9-23)26(32)30-14-12-28(34)11-4-3-5-22(28)18-30/h6-9,15-16,22,34H,3-5,10-14,17-18H2,1-2H3,(H,29,33). The van der Waals surface area contributed by atoms with Gasteiger partial charge in [0.05, 0.1) is 19.8 Å². The van der Waals surface area contributed by atoms with Crippen molar-refractivity contribution in [3.8, 4) is 11.5 Å². The van der Waals surface area contributed by atoms with Crippen LogP contribution in [-0.2, 0) is 13.0 Å². The van der Waals surface area contributed by atoms with Crippen molar-refractivity contribution >= 4 is 17.6 Å².